The minimum absolute atomic E-state index is 0.0731. The Hall–Kier alpha value is -1.79. The molecule has 1 amide bonds. The number of amides is 1. The predicted molar refractivity (Wildman–Crippen MR) is 81.4 cm³/mol. The van der Waals surface area contributed by atoms with Crippen LogP contribution in [0, 0.1) is 24.7 Å². The summed E-state index contributed by atoms with van der Waals surface area (Å²) in [6.45, 7) is 4.44. The summed E-state index contributed by atoms with van der Waals surface area (Å²) in [6, 6.07) is 6.06. The van der Waals surface area contributed by atoms with Crippen LogP contribution in [0.4, 0.5) is 0 Å². The zero-order valence-electron chi connectivity index (χ0n) is 12.4. The van der Waals surface area contributed by atoms with E-state index in [9.17, 15) is 4.79 Å². The maximum atomic E-state index is 12.5. The van der Waals surface area contributed by atoms with Crippen LogP contribution in [0.2, 0.25) is 0 Å². The van der Waals surface area contributed by atoms with Crippen molar-refractivity contribution in [2.45, 2.75) is 32.7 Å². The molecule has 0 aromatic heterocycles. The molecule has 1 atom stereocenters. The number of benzene rings is 1. The van der Waals surface area contributed by atoms with Crippen molar-refractivity contribution in [2.75, 3.05) is 13.6 Å². The summed E-state index contributed by atoms with van der Waals surface area (Å²) in [6.07, 6.45) is 2.47. The molecule has 20 heavy (non-hydrogen) atoms. The molecule has 106 valence electrons. The molecule has 1 fully saturated rings. The average Bonchev–Trinajstić information content (AvgIpc) is 3.26. The molecule has 3 heteroatoms. The van der Waals surface area contributed by atoms with E-state index >= 15 is 0 Å². The van der Waals surface area contributed by atoms with Crippen molar-refractivity contribution in [1.82, 2.24) is 4.90 Å². The summed E-state index contributed by atoms with van der Waals surface area (Å²) in [5.41, 5.74) is 8.00. The summed E-state index contributed by atoms with van der Waals surface area (Å²) >= 11 is 0. The van der Waals surface area contributed by atoms with E-state index in [1.807, 2.05) is 37.1 Å². The standard InChI is InChI=1S/C17H22N2O/c1-12-9-14(5-4-8-18)11-16(10-12)17(20)19(3)13(2)15-6-7-15/h9-11,13,15H,6-8,18H2,1-3H3. The van der Waals surface area contributed by atoms with E-state index in [-0.39, 0.29) is 5.91 Å². The maximum absolute atomic E-state index is 12.5. The zero-order chi connectivity index (χ0) is 14.7. The molecule has 0 saturated heterocycles. The second kappa shape index (κ2) is 6.11. The van der Waals surface area contributed by atoms with Crippen LogP contribution < -0.4 is 5.73 Å². The van der Waals surface area contributed by atoms with Gasteiger partial charge in [-0.1, -0.05) is 11.8 Å². The topological polar surface area (TPSA) is 46.3 Å². The molecule has 0 heterocycles. The lowest BCUT2D eigenvalue weighted by Crippen LogP contribution is -2.36. The first-order valence-electron chi connectivity index (χ1n) is 7.10. The van der Waals surface area contributed by atoms with Crippen molar-refractivity contribution in [3.63, 3.8) is 0 Å². The molecule has 2 N–H and O–H groups in total. The number of hydrogen-bond donors (Lipinski definition) is 1. The summed E-state index contributed by atoms with van der Waals surface area (Å²) in [4.78, 5) is 14.4. The quantitative estimate of drug-likeness (QED) is 0.856. The van der Waals surface area contributed by atoms with Gasteiger partial charge in [-0.25, -0.2) is 0 Å². The number of carbonyl (C=O) groups excluding carboxylic acids is 1. The highest BCUT2D eigenvalue weighted by Gasteiger charge is 2.32. The summed E-state index contributed by atoms with van der Waals surface area (Å²) in [5, 5.41) is 0. The lowest BCUT2D eigenvalue weighted by atomic mass is 10.0. The number of carbonyl (C=O) groups is 1. The summed E-state index contributed by atoms with van der Waals surface area (Å²) in [5.74, 6) is 6.57. The van der Waals surface area contributed by atoms with E-state index in [4.69, 9.17) is 5.73 Å². The summed E-state index contributed by atoms with van der Waals surface area (Å²) in [7, 11) is 1.89. The smallest absolute Gasteiger partial charge is 0.253 e. The van der Waals surface area contributed by atoms with Crippen molar-refractivity contribution in [3.8, 4) is 11.8 Å². The van der Waals surface area contributed by atoms with Gasteiger partial charge in [0.05, 0.1) is 6.54 Å². The van der Waals surface area contributed by atoms with E-state index in [1.54, 1.807) is 0 Å². The molecule has 1 aromatic carbocycles. The fraction of sp³-hybridized carbons (Fsp3) is 0.471. The van der Waals surface area contributed by atoms with Crippen molar-refractivity contribution >= 4 is 5.91 Å². The Morgan fingerprint density at radius 1 is 1.45 bits per heavy atom. The second-order valence-corrected chi connectivity index (χ2v) is 5.59. The highest BCUT2D eigenvalue weighted by atomic mass is 16.2. The molecule has 1 aliphatic carbocycles. The van der Waals surface area contributed by atoms with Gasteiger partial charge in [-0.05, 0) is 56.4 Å². The number of aryl methyl sites for hydroxylation is 1. The number of rotatable bonds is 3. The lowest BCUT2D eigenvalue weighted by molar-refractivity contribution is 0.0727. The predicted octanol–water partition coefficient (Wildman–Crippen LogP) is 2.18. The largest absolute Gasteiger partial charge is 0.339 e. The third-order valence-electron chi connectivity index (χ3n) is 3.89. The van der Waals surface area contributed by atoms with Crippen LogP contribution in [0.15, 0.2) is 18.2 Å². The lowest BCUT2D eigenvalue weighted by Gasteiger charge is -2.25. The van der Waals surface area contributed by atoms with Gasteiger partial charge in [-0.15, -0.1) is 0 Å². The monoisotopic (exact) mass is 270 g/mol. The van der Waals surface area contributed by atoms with Crippen molar-refractivity contribution in [1.29, 1.82) is 0 Å². The van der Waals surface area contributed by atoms with Crippen LogP contribution in [-0.2, 0) is 0 Å². The molecule has 1 unspecified atom stereocenters. The number of nitrogens with two attached hydrogens (primary N) is 1. The molecular weight excluding hydrogens is 248 g/mol. The Bertz CT molecular complexity index is 564. The van der Waals surface area contributed by atoms with Gasteiger partial charge in [0, 0.05) is 24.2 Å². The molecule has 1 aromatic rings. The molecular formula is C17H22N2O. The minimum atomic E-state index is 0.0731. The Morgan fingerprint density at radius 2 is 2.15 bits per heavy atom. The van der Waals surface area contributed by atoms with Crippen molar-refractivity contribution in [2.24, 2.45) is 11.7 Å². The van der Waals surface area contributed by atoms with Gasteiger partial charge in [0.15, 0.2) is 0 Å². The maximum Gasteiger partial charge on any atom is 0.253 e. The number of nitrogens with zero attached hydrogens (tertiary/aromatic N) is 1. The van der Waals surface area contributed by atoms with Crippen LogP contribution in [-0.4, -0.2) is 30.4 Å². The molecule has 0 aliphatic heterocycles. The van der Waals surface area contributed by atoms with Gasteiger partial charge in [0.25, 0.3) is 5.91 Å². The van der Waals surface area contributed by atoms with E-state index in [0.29, 0.717) is 24.1 Å². The number of hydrogen-bond acceptors (Lipinski definition) is 2. The highest BCUT2D eigenvalue weighted by Crippen LogP contribution is 2.35. The third kappa shape index (κ3) is 3.40. The first-order valence-corrected chi connectivity index (χ1v) is 7.10. The average molecular weight is 270 g/mol. The molecule has 2 rings (SSSR count). The van der Waals surface area contributed by atoms with E-state index < -0.39 is 0 Å². The third-order valence-corrected chi connectivity index (χ3v) is 3.89. The Balaban J connectivity index is 2.22. The van der Waals surface area contributed by atoms with Crippen LogP contribution in [0.5, 0.6) is 0 Å². The Kier molecular flexibility index (Phi) is 4.46. The molecule has 1 saturated carbocycles. The van der Waals surface area contributed by atoms with Gasteiger partial charge in [0.1, 0.15) is 0 Å². The fourth-order valence-electron chi connectivity index (χ4n) is 2.42. The van der Waals surface area contributed by atoms with Gasteiger partial charge in [0.2, 0.25) is 0 Å². The van der Waals surface area contributed by atoms with Crippen molar-refractivity contribution in [3.05, 3.63) is 34.9 Å². The zero-order valence-corrected chi connectivity index (χ0v) is 12.4. The second-order valence-electron chi connectivity index (χ2n) is 5.59. The van der Waals surface area contributed by atoms with Gasteiger partial charge >= 0.3 is 0 Å². The Morgan fingerprint density at radius 3 is 2.75 bits per heavy atom. The molecule has 0 radical (unpaired) electrons. The Labute approximate surface area is 121 Å². The molecule has 0 spiro atoms. The van der Waals surface area contributed by atoms with Crippen LogP contribution in [0.25, 0.3) is 0 Å². The first-order chi connectivity index (χ1) is 9.52. The normalized spacial score (nSPS) is 15.2. The van der Waals surface area contributed by atoms with Crippen LogP contribution in [0.1, 0.15) is 41.3 Å². The van der Waals surface area contributed by atoms with Crippen LogP contribution in [0.3, 0.4) is 0 Å². The molecule has 1 aliphatic rings. The van der Waals surface area contributed by atoms with Gasteiger partial charge < -0.3 is 10.6 Å². The minimum Gasteiger partial charge on any atom is -0.339 e. The fourth-order valence-corrected chi connectivity index (χ4v) is 2.42. The first kappa shape index (κ1) is 14.6. The molecule has 3 nitrogen and oxygen atoms in total. The van der Waals surface area contributed by atoms with Crippen LogP contribution >= 0.6 is 0 Å². The van der Waals surface area contributed by atoms with E-state index in [0.717, 1.165) is 11.1 Å². The van der Waals surface area contributed by atoms with E-state index in [1.165, 1.54) is 12.8 Å². The SMILES string of the molecule is Cc1cc(C#CCN)cc(C(=O)N(C)C(C)C2CC2)c1. The summed E-state index contributed by atoms with van der Waals surface area (Å²) < 4.78 is 0. The highest BCUT2D eigenvalue weighted by molar-refractivity contribution is 5.94. The molecule has 0 bridgehead atoms. The van der Waals surface area contributed by atoms with Gasteiger partial charge in [-0.2, -0.15) is 0 Å². The van der Waals surface area contributed by atoms with Gasteiger partial charge in [-0.3, -0.25) is 4.79 Å². The van der Waals surface area contributed by atoms with Crippen molar-refractivity contribution < 1.29 is 4.79 Å². The van der Waals surface area contributed by atoms with E-state index in [2.05, 4.69) is 18.8 Å².